The first-order valence-electron chi connectivity index (χ1n) is 9.83. The van der Waals surface area contributed by atoms with Gasteiger partial charge in [0.1, 0.15) is 0 Å². The van der Waals surface area contributed by atoms with E-state index in [2.05, 4.69) is 4.99 Å². The number of hydrazone groups is 1. The zero-order chi connectivity index (χ0) is 22.1. The summed E-state index contributed by atoms with van der Waals surface area (Å²) in [5.74, 6) is 0.386. The van der Waals surface area contributed by atoms with Crippen LogP contribution in [-0.2, 0) is 0 Å². The summed E-state index contributed by atoms with van der Waals surface area (Å²) in [4.78, 5) is 4.44. The fraction of sp³-hybridized carbons (Fsp3) is 0.250. The SMILES string of the molecule is CC(C)N=C(N)N(N=C(C=Cc1ccc(Cl)cc1)C=Cc1ccc(Cl)cc1)C(C)C.I. The van der Waals surface area contributed by atoms with Crippen molar-refractivity contribution < 1.29 is 0 Å². The number of allylic oxidation sites excluding steroid dienone is 2. The maximum absolute atomic E-state index is 6.21. The van der Waals surface area contributed by atoms with Gasteiger partial charge in [0.05, 0.1) is 11.8 Å². The average Bonchev–Trinajstić information content (AvgIpc) is 2.69. The Hall–Kier alpha value is -1.83. The van der Waals surface area contributed by atoms with Gasteiger partial charge in [0, 0.05) is 16.1 Å². The van der Waals surface area contributed by atoms with Crippen molar-refractivity contribution in [1.29, 1.82) is 0 Å². The molecule has 0 aliphatic heterocycles. The van der Waals surface area contributed by atoms with E-state index in [1.54, 1.807) is 5.01 Å². The molecule has 0 spiro atoms. The Morgan fingerprint density at radius 3 is 1.61 bits per heavy atom. The molecule has 2 aromatic rings. The predicted octanol–water partition coefficient (Wildman–Crippen LogP) is 7.13. The highest BCUT2D eigenvalue weighted by atomic mass is 127. The van der Waals surface area contributed by atoms with E-state index in [1.807, 2.05) is 101 Å². The maximum atomic E-state index is 6.21. The Bertz CT molecular complexity index is 874. The largest absolute Gasteiger partial charge is 0.368 e. The van der Waals surface area contributed by atoms with Crippen molar-refractivity contribution in [2.45, 2.75) is 39.8 Å². The summed E-state index contributed by atoms with van der Waals surface area (Å²) in [6.45, 7) is 8.01. The van der Waals surface area contributed by atoms with Crippen LogP contribution in [0.1, 0.15) is 38.8 Å². The fourth-order valence-corrected chi connectivity index (χ4v) is 2.76. The minimum atomic E-state index is 0. The molecule has 0 saturated heterocycles. The van der Waals surface area contributed by atoms with Crippen LogP contribution in [0.25, 0.3) is 12.2 Å². The second-order valence-electron chi connectivity index (χ2n) is 7.31. The molecule has 0 aromatic heterocycles. The molecular weight excluding hydrogens is 542 g/mol. The maximum Gasteiger partial charge on any atom is 0.212 e. The average molecular weight is 571 g/mol. The topological polar surface area (TPSA) is 54.0 Å². The summed E-state index contributed by atoms with van der Waals surface area (Å²) in [5.41, 5.74) is 8.98. The molecule has 0 bridgehead atoms. The number of hydrogen-bond acceptors (Lipinski definition) is 2. The normalized spacial score (nSPS) is 11.9. The molecule has 0 aliphatic carbocycles. The highest BCUT2D eigenvalue weighted by Crippen LogP contribution is 2.13. The van der Waals surface area contributed by atoms with E-state index in [4.69, 9.17) is 34.0 Å². The lowest BCUT2D eigenvalue weighted by Gasteiger charge is -2.23. The molecule has 4 nitrogen and oxygen atoms in total. The molecule has 7 heteroatoms. The molecule has 0 unspecified atom stereocenters. The zero-order valence-electron chi connectivity index (χ0n) is 18.2. The molecule has 2 N–H and O–H groups in total. The van der Waals surface area contributed by atoms with E-state index in [1.165, 1.54) is 0 Å². The quantitative estimate of drug-likeness (QED) is 0.167. The molecule has 0 saturated carbocycles. The van der Waals surface area contributed by atoms with Crippen LogP contribution in [0, 0.1) is 0 Å². The molecule has 0 fully saturated rings. The Labute approximate surface area is 212 Å². The van der Waals surface area contributed by atoms with Crippen LogP contribution in [0.5, 0.6) is 0 Å². The molecule has 0 atom stereocenters. The molecule has 166 valence electrons. The first-order valence-corrected chi connectivity index (χ1v) is 10.6. The van der Waals surface area contributed by atoms with Crippen molar-refractivity contribution in [1.82, 2.24) is 5.01 Å². The fourth-order valence-electron chi connectivity index (χ4n) is 2.51. The number of nitrogens with zero attached hydrogens (tertiary/aromatic N) is 3. The van der Waals surface area contributed by atoms with Gasteiger partial charge < -0.3 is 5.73 Å². The number of benzene rings is 2. The van der Waals surface area contributed by atoms with E-state index in [9.17, 15) is 0 Å². The van der Waals surface area contributed by atoms with Crippen LogP contribution >= 0.6 is 47.2 Å². The van der Waals surface area contributed by atoms with Crippen LogP contribution in [0.15, 0.2) is 70.8 Å². The highest BCUT2D eigenvalue weighted by Gasteiger charge is 2.12. The number of rotatable bonds is 7. The summed E-state index contributed by atoms with van der Waals surface area (Å²) in [5, 5.41) is 7.89. The highest BCUT2D eigenvalue weighted by molar-refractivity contribution is 14.0. The molecule has 0 heterocycles. The van der Waals surface area contributed by atoms with Crippen molar-refractivity contribution in [3.05, 3.63) is 81.9 Å². The number of nitrogens with two attached hydrogens (primary N) is 1. The zero-order valence-corrected chi connectivity index (χ0v) is 22.0. The first-order chi connectivity index (χ1) is 14.2. The van der Waals surface area contributed by atoms with Crippen molar-refractivity contribution in [2.75, 3.05) is 0 Å². The Morgan fingerprint density at radius 1 is 0.839 bits per heavy atom. The second kappa shape index (κ2) is 13.6. The summed E-state index contributed by atoms with van der Waals surface area (Å²) < 4.78 is 0. The van der Waals surface area contributed by atoms with Gasteiger partial charge in [0.25, 0.3) is 0 Å². The number of halogens is 3. The van der Waals surface area contributed by atoms with Gasteiger partial charge in [-0.2, -0.15) is 5.10 Å². The number of aliphatic imine (C=N–C) groups is 1. The Balaban J connectivity index is 0.00000480. The predicted molar refractivity (Wildman–Crippen MR) is 148 cm³/mol. The minimum Gasteiger partial charge on any atom is -0.368 e. The minimum absolute atomic E-state index is 0. The van der Waals surface area contributed by atoms with E-state index < -0.39 is 0 Å². The van der Waals surface area contributed by atoms with Gasteiger partial charge in [0.15, 0.2) is 0 Å². The summed E-state index contributed by atoms with van der Waals surface area (Å²) in [7, 11) is 0. The molecule has 31 heavy (non-hydrogen) atoms. The van der Waals surface area contributed by atoms with Crippen LogP contribution in [0.3, 0.4) is 0 Å². The van der Waals surface area contributed by atoms with Gasteiger partial charge in [-0.05, 0) is 75.2 Å². The Morgan fingerprint density at radius 2 is 1.26 bits per heavy atom. The molecular formula is C24H29Cl2IN4. The van der Waals surface area contributed by atoms with Crippen molar-refractivity contribution in [2.24, 2.45) is 15.8 Å². The van der Waals surface area contributed by atoms with Gasteiger partial charge >= 0.3 is 0 Å². The van der Waals surface area contributed by atoms with E-state index in [-0.39, 0.29) is 36.1 Å². The molecule has 0 amide bonds. The van der Waals surface area contributed by atoms with Gasteiger partial charge in [-0.25, -0.2) is 10.0 Å². The monoisotopic (exact) mass is 570 g/mol. The van der Waals surface area contributed by atoms with Gasteiger partial charge in [-0.15, -0.1) is 24.0 Å². The third-order valence-corrected chi connectivity index (χ3v) is 4.47. The molecule has 2 aromatic carbocycles. The van der Waals surface area contributed by atoms with Crippen LogP contribution in [0.2, 0.25) is 10.0 Å². The molecule has 0 radical (unpaired) electrons. The lowest BCUT2D eigenvalue weighted by molar-refractivity contribution is 0.362. The first kappa shape index (κ1) is 27.2. The Kier molecular flexibility index (Phi) is 11.9. The summed E-state index contributed by atoms with van der Waals surface area (Å²) in [6.07, 6.45) is 7.84. The van der Waals surface area contributed by atoms with Gasteiger partial charge in [-0.3, -0.25) is 0 Å². The van der Waals surface area contributed by atoms with Crippen LogP contribution in [-0.4, -0.2) is 28.8 Å². The molecule has 2 rings (SSSR count). The van der Waals surface area contributed by atoms with Crippen molar-refractivity contribution in [3.8, 4) is 0 Å². The van der Waals surface area contributed by atoms with Crippen molar-refractivity contribution >= 4 is 71.0 Å². The van der Waals surface area contributed by atoms with E-state index >= 15 is 0 Å². The van der Waals surface area contributed by atoms with Crippen LogP contribution < -0.4 is 5.73 Å². The third kappa shape index (κ3) is 9.89. The van der Waals surface area contributed by atoms with E-state index in [0.29, 0.717) is 16.0 Å². The van der Waals surface area contributed by atoms with Gasteiger partial charge in [-0.1, -0.05) is 59.6 Å². The smallest absolute Gasteiger partial charge is 0.212 e. The third-order valence-electron chi connectivity index (χ3n) is 3.97. The number of hydrogen-bond donors (Lipinski definition) is 1. The number of guanidine groups is 1. The van der Waals surface area contributed by atoms with Gasteiger partial charge in [0.2, 0.25) is 5.96 Å². The molecule has 0 aliphatic rings. The van der Waals surface area contributed by atoms with E-state index in [0.717, 1.165) is 16.8 Å². The second-order valence-corrected chi connectivity index (χ2v) is 8.19. The summed E-state index contributed by atoms with van der Waals surface area (Å²) >= 11 is 12.0. The van der Waals surface area contributed by atoms with Crippen LogP contribution in [0.4, 0.5) is 0 Å². The summed E-state index contributed by atoms with van der Waals surface area (Å²) in [6, 6.07) is 15.4. The lowest BCUT2D eigenvalue weighted by atomic mass is 10.1. The standard InChI is InChI=1S/C24H28Cl2N4.HI/c1-17(2)28-24(27)30(18(3)4)29-23(15-9-19-5-11-21(25)12-6-19)16-10-20-7-13-22(26)14-8-20;/h5-18H,1-4H3,(H2,27,28);1H. The lowest BCUT2D eigenvalue weighted by Crippen LogP contribution is -2.39. The van der Waals surface area contributed by atoms with Crippen molar-refractivity contribution in [3.63, 3.8) is 0 Å².